The van der Waals surface area contributed by atoms with Crippen molar-refractivity contribution in [2.24, 2.45) is 5.73 Å². The van der Waals surface area contributed by atoms with Crippen molar-refractivity contribution >= 4 is 40.4 Å². The predicted octanol–water partition coefficient (Wildman–Crippen LogP) is 4.00. The Kier molecular flexibility index (Phi) is 3.85. The van der Waals surface area contributed by atoms with Crippen molar-refractivity contribution < 1.29 is 0 Å². The standard InChI is InChI=1S/C13H10Cl2N2S/c1-7-9(13(16)18)4-5-12(17-7)10-3-2-8(14)6-11(10)15/h2-6H,1H3,(H2,16,18). The summed E-state index contributed by atoms with van der Waals surface area (Å²) in [7, 11) is 0. The monoisotopic (exact) mass is 296 g/mol. The highest BCUT2D eigenvalue weighted by molar-refractivity contribution is 7.80. The van der Waals surface area contributed by atoms with Crippen LogP contribution in [0.3, 0.4) is 0 Å². The SMILES string of the molecule is Cc1nc(-c2ccc(Cl)cc2Cl)ccc1C(N)=S. The van der Waals surface area contributed by atoms with E-state index in [9.17, 15) is 0 Å². The second-order valence-corrected chi connectivity index (χ2v) is 5.10. The number of rotatable bonds is 2. The Balaban J connectivity index is 2.52. The summed E-state index contributed by atoms with van der Waals surface area (Å²) < 4.78 is 0. The molecule has 0 saturated heterocycles. The zero-order valence-corrected chi connectivity index (χ0v) is 11.9. The Morgan fingerprint density at radius 2 is 1.94 bits per heavy atom. The van der Waals surface area contributed by atoms with Crippen LogP contribution in [0.15, 0.2) is 30.3 Å². The fourth-order valence-corrected chi connectivity index (χ4v) is 2.39. The number of halogens is 2. The summed E-state index contributed by atoms with van der Waals surface area (Å²) in [6, 6.07) is 9.01. The fraction of sp³-hybridized carbons (Fsp3) is 0.0769. The van der Waals surface area contributed by atoms with E-state index >= 15 is 0 Å². The highest BCUT2D eigenvalue weighted by atomic mass is 35.5. The van der Waals surface area contributed by atoms with Crippen LogP contribution >= 0.6 is 35.4 Å². The highest BCUT2D eigenvalue weighted by Crippen LogP contribution is 2.29. The number of pyridine rings is 1. The van der Waals surface area contributed by atoms with E-state index < -0.39 is 0 Å². The summed E-state index contributed by atoms with van der Waals surface area (Å²) in [5.41, 5.74) is 8.77. The fourth-order valence-electron chi connectivity index (χ4n) is 1.67. The Bertz CT molecular complexity index is 626. The Morgan fingerprint density at radius 3 is 2.50 bits per heavy atom. The maximum atomic E-state index is 6.14. The summed E-state index contributed by atoms with van der Waals surface area (Å²) in [6.45, 7) is 1.86. The zero-order chi connectivity index (χ0) is 13.3. The minimum absolute atomic E-state index is 0.341. The van der Waals surface area contributed by atoms with E-state index in [1.54, 1.807) is 12.1 Å². The largest absolute Gasteiger partial charge is 0.389 e. The van der Waals surface area contributed by atoms with Gasteiger partial charge in [0.15, 0.2) is 0 Å². The first kappa shape index (κ1) is 13.3. The third-order valence-electron chi connectivity index (χ3n) is 2.56. The molecule has 2 nitrogen and oxygen atoms in total. The molecule has 0 bridgehead atoms. The molecule has 0 aliphatic carbocycles. The van der Waals surface area contributed by atoms with E-state index in [2.05, 4.69) is 4.98 Å². The maximum absolute atomic E-state index is 6.14. The molecule has 0 aliphatic heterocycles. The predicted molar refractivity (Wildman–Crippen MR) is 80.3 cm³/mol. The van der Waals surface area contributed by atoms with Crippen LogP contribution in [0, 0.1) is 6.92 Å². The molecule has 2 rings (SSSR count). The van der Waals surface area contributed by atoms with Gasteiger partial charge < -0.3 is 5.73 Å². The summed E-state index contributed by atoms with van der Waals surface area (Å²) in [4.78, 5) is 4.80. The van der Waals surface area contributed by atoms with Crippen LogP contribution in [-0.2, 0) is 0 Å². The summed E-state index contributed by atoms with van der Waals surface area (Å²) in [5, 5.41) is 1.16. The normalized spacial score (nSPS) is 10.4. The number of thiocarbonyl (C=S) groups is 1. The van der Waals surface area contributed by atoms with Crippen LogP contribution < -0.4 is 5.73 Å². The van der Waals surface area contributed by atoms with E-state index in [0.29, 0.717) is 15.0 Å². The number of benzene rings is 1. The molecular formula is C13H10Cl2N2S. The topological polar surface area (TPSA) is 38.9 Å². The lowest BCUT2D eigenvalue weighted by Gasteiger charge is -2.08. The van der Waals surface area contributed by atoms with Gasteiger partial charge in [0, 0.05) is 21.8 Å². The number of aromatic nitrogens is 1. The van der Waals surface area contributed by atoms with Gasteiger partial charge in [0.25, 0.3) is 0 Å². The van der Waals surface area contributed by atoms with Gasteiger partial charge in [-0.05, 0) is 37.3 Å². The molecule has 0 unspecified atom stereocenters. The molecule has 92 valence electrons. The van der Waals surface area contributed by atoms with Crippen LogP contribution in [0.4, 0.5) is 0 Å². The van der Waals surface area contributed by atoms with Crippen LogP contribution in [-0.4, -0.2) is 9.97 Å². The van der Waals surface area contributed by atoms with Gasteiger partial charge in [-0.25, -0.2) is 0 Å². The lowest BCUT2D eigenvalue weighted by atomic mass is 10.1. The van der Waals surface area contributed by atoms with Crippen molar-refractivity contribution in [3.05, 3.63) is 51.6 Å². The molecule has 0 fully saturated rings. The van der Waals surface area contributed by atoms with E-state index in [1.807, 2.05) is 25.1 Å². The molecule has 1 heterocycles. The Hall–Kier alpha value is -1.16. The van der Waals surface area contributed by atoms with Crippen molar-refractivity contribution in [3.8, 4) is 11.3 Å². The van der Waals surface area contributed by atoms with Crippen molar-refractivity contribution in [2.45, 2.75) is 6.92 Å². The third-order valence-corrected chi connectivity index (χ3v) is 3.33. The van der Waals surface area contributed by atoms with Crippen LogP contribution in [0.25, 0.3) is 11.3 Å². The smallest absolute Gasteiger partial charge is 0.105 e. The quantitative estimate of drug-likeness (QED) is 0.852. The van der Waals surface area contributed by atoms with Crippen molar-refractivity contribution in [2.75, 3.05) is 0 Å². The van der Waals surface area contributed by atoms with Gasteiger partial charge in [-0.2, -0.15) is 0 Å². The number of aryl methyl sites for hydroxylation is 1. The summed E-state index contributed by atoms with van der Waals surface area (Å²) in [5.74, 6) is 0. The Labute approximate surface area is 121 Å². The maximum Gasteiger partial charge on any atom is 0.105 e. The van der Waals surface area contributed by atoms with Gasteiger partial charge in [0.1, 0.15) is 4.99 Å². The first-order valence-corrected chi connectivity index (χ1v) is 6.38. The molecule has 2 aromatic rings. The van der Waals surface area contributed by atoms with Crippen LogP contribution in [0.2, 0.25) is 10.0 Å². The molecule has 1 aromatic heterocycles. The number of nitrogens with zero attached hydrogens (tertiary/aromatic N) is 1. The third kappa shape index (κ3) is 2.64. The van der Waals surface area contributed by atoms with Crippen molar-refractivity contribution in [1.82, 2.24) is 4.98 Å². The van der Waals surface area contributed by atoms with Gasteiger partial charge >= 0.3 is 0 Å². The first-order valence-electron chi connectivity index (χ1n) is 5.22. The molecule has 0 spiro atoms. The average Bonchev–Trinajstić information content (AvgIpc) is 2.28. The van der Waals surface area contributed by atoms with Crippen molar-refractivity contribution in [1.29, 1.82) is 0 Å². The minimum atomic E-state index is 0.341. The van der Waals surface area contributed by atoms with Gasteiger partial charge in [-0.1, -0.05) is 35.4 Å². The molecular weight excluding hydrogens is 287 g/mol. The average molecular weight is 297 g/mol. The van der Waals surface area contributed by atoms with Crippen LogP contribution in [0.1, 0.15) is 11.3 Å². The second kappa shape index (κ2) is 5.22. The molecule has 1 aromatic carbocycles. The highest BCUT2D eigenvalue weighted by Gasteiger charge is 2.09. The first-order chi connectivity index (χ1) is 8.49. The van der Waals surface area contributed by atoms with Gasteiger partial charge in [-0.3, -0.25) is 4.98 Å². The Morgan fingerprint density at radius 1 is 1.22 bits per heavy atom. The number of hydrogen-bond acceptors (Lipinski definition) is 2. The molecule has 0 saturated carbocycles. The van der Waals surface area contributed by atoms with Gasteiger partial charge in [0.2, 0.25) is 0 Å². The number of nitrogens with two attached hydrogens (primary N) is 1. The number of hydrogen-bond donors (Lipinski definition) is 1. The lowest BCUT2D eigenvalue weighted by Crippen LogP contribution is -2.12. The van der Waals surface area contributed by atoms with Crippen molar-refractivity contribution in [3.63, 3.8) is 0 Å². The molecule has 0 radical (unpaired) electrons. The molecule has 5 heteroatoms. The van der Waals surface area contributed by atoms with Gasteiger partial charge in [0.05, 0.1) is 10.7 Å². The minimum Gasteiger partial charge on any atom is -0.389 e. The van der Waals surface area contributed by atoms with Crippen LogP contribution in [0.5, 0.6) is 0 Å². The van der Waals surface area contributed by atoms with Gasteiger partial charge in [-0.15, -0.1) is 0 Å². The molecule has 0 amide bonds. The van der Waals surface area contributed by atoms with E-state index in [4.69, 9.17) is 41.2 Å². The zero-order valence-electron chi connectivity index (χ0n) is 9.58. The molecule has 18 heavy (non-hydrogen) atoms. The molecule has 0 atom stereocenters. The summed E-state index contributed by atoms with van der Waals surface area (Å²) in [6.07, 6.45) is 0. The lowest BCUT2D eigenvalue weighted by molar-refractivity contribution is 1.19. The second-order valence-electron chi connectivity index (χ2n) is 3.82. The summed E-state index contributed by atoms with van der Waals surface area (Å²) >= 11 is 17.0. The van der Waals surface area contributed by atoms with E-state index in [1.165, 1.54) is 0 Å². The molecule has 0 aliphatic rings. The van der Waals surface area contributed by atoms with E-state index in [0.717, 1.165) is 22.5 Å². The molecule has 2 N–H and O–H groups in total. The van der Waals surface area contributed by atoms with E-state index in [-0.39, 0.29) is 0 Å².